The lowest BCUT2D eigenvalue weighted by molar-refractivity contribution is -0.136. The third-order valence-corrected chi connectivity index (χ3v) is 6.02. The van der Waals surface area contributed by atoms with Crippen molar-refractivity contribution in [1.82, 2.24) is 15.5 Å². The fourth-order valence-corrected chi connectivity index (χ4v) is 4.20. The molecular formula is C20H29N3O3. The first-order chi connectivity index (χ1) is 12.5. The molecule has 1 aromatic carbocycles. The summed E-state index contributed by atoms with van der Waals surface area (Å²) in [5, 5.41) is 15.2. The summed E-state index contributed by atoms with van der Waals surface area (Å²) in [4.78, 5) is 24.8. The number of carbonyl (C=O) groups is 2. The molecule has 6 heteroatoms. The first kappa shape index (κ1) is 18.7. The molecule has 2 aliphatic rings. The Morgan fingerprint density at radius 2 is 1.96 bits per heavy atom. The number of piperidine rings is 1. The van der Waals surface area contributed by atoms with E-state index in [4.69, 9.17) is 5.11 Å². The molecule has 2 amide bonds. The maximum Gasteiger partial charge on any atom is 0.318 e. The molecular weight excluding hydrogens is 330 g/mol. The summed E-state index contributed by atoms with van der Waals surface area (Å²) in [6.45, 7) is 2.80. The van der Waals surface area contributed by atoms with E-state index >= 15 is 0 Å². The van der Waals surface area contributed by atoms with Crippen LogP contribution in [-0.4, -0.2) is 48.7 Å². The topological polar surface area (TPSA) is 81.7 Å². The van der Waals surface area contributed by atoms with Crippen LogP contribution >= 0.6 is 0 Å². The van der Waals surface area contributed by atoms with E-state index in [1.54, 1.807) is 0 Å². The van der Waals surface area contributed by atoms with E-state index in [1.807, 2.05) is 24.1 Å². The zero-order chi connectivity index (χ0) is 18.6. The molecule has 1 atom stereocenters. The van der Waals surface area contributed by atoms with Crippen LogP contribution < -0.4 is 10.6 Å². The molecule has 0 aromatic heterocycles. The smallest absolute Gasteiger partial charge is 0.318 e. The Morgan fingerprint density at radius 3 is 2.54 bits per heavy atom. The van der Waals surface area contributed by atoms with Gasteiger partial charge < -0.3 is 20.6 Å². The second kappa shape index (κ2) is 8.08. The minimum atomic E-state index is -0.780. The van der Waals surface area contributed by atoms with Crippen LogP contribution in [0.5, 0.6) is 0 Å². The quantitative estimate of drug-likeness (QED) is 0.698. The number of carboxylic acids is 1. The van der Waals surface area contributed by atoms with E-state index in [-0.39, 0.29) is 18.0 Å². The summed E-state index contributed by atoms with van der Waals surface area (Å²) < 4.78 is 0. The maximum atomic E-state index is 12.2. The van der Waals surface area contributed by atoms with Gasteiger partial charge in [-0.25, -0.2) is 4.79 Å². The SMILES string of the molecule is CN1C(=O)NCC1(CCC1CCNCC1)c1ccc(CCC(=O)O)cc1. The summed E-state index contributed by atoms with van der Waals surface area (Å²) >= 11 is 0. The zero-order valence-electron chi connectivity index (χ0n) is 15.5. The molecule has 2 fully saturated rings. The molecule has 2 aliphatic heterocycles. The number of urea groups is 1. The van der Waals surface area contributed by atoms with Gasteiger partial charge in [-0.1, -0.05) is 24.3 Å². The standard InChI is InChI=1S/C20H29N3O3/c1-23-19(26)22-14-20(23,11-8-16-9-12-21-13-10-16)17-5-2-15(3-6-17)4-7-18(24)25/h2-3,5-6,16,21H,4,7-14H2,1H3,(H,22,26)(H,24,25). The molecule has 142 valence electrons. The van der Waals surface area contributed by atoms with Crippen molar-refractivity contribution in [1.29, 1.82) is 0 Å². The van der Waals surface area contributed by atoms with Crippen molar-refractivity contribution < 1.29 is 14.7 Å². The second-order valence-corrected chi connectivity index (χ2v) is 7.57. The number of rotatable bonds is 7. The summed E-state index contributed by atoms with van der Waals surface area (Å²) in [6, 6.07) is 8.11. The third-order valence-electron chi connectivity index (χ3n) is 6.02. The van der Waals surface area contributed by atoms with Crippen LogP contribution in [0, 0.1) is 5.92 Å². The first-order valence-electron chi connectivity index (χ1n) is 9.55. The Balaban J connectivity index is 1.75. The lowest BCUT2D eigenvalue weighted by Crippen LogP contribution is -2.42. The van der Waals surface area contributed by atoms with Gasteiger partial charge >= 0.3 is 12.0 Å². The van der Waals surface area contributed by atoms with Crippen LogP contribution in [-0.2, 0) is 16.8 Å². The Kier molecular flexibility index (Phi) is 5.81. The lowest BCUT2D eigenvalue weighted by Gasteiger charge is -2.37. The van der Waals surface area contributed by atoms with E-state index in [1.165, 1.54) is 12.8 Å². The van der Waals surface area contributed by atoms with Crippen molar-refractivity contribution in [3.8, 4) is 0 Å². The third kappa shape index (κ3) is 4.01. The lowest BCUT2D eigenvalue weighted by atomic mass is 9.80. The molecule has 6 nitrogen and oxygen atoms in total. The van der Waals surface area contributed by atoms with Gasteiger partial charge in [-0.15, -0.1) is 0 Å². The van der Waals surface area contributed by atoms with E-state index < -0.39 is 5.97 Å². The zero-order valence-corrected chi connectivity index (χ0v) is 15.5. The number of nitrogens with zero attached hydrogens (tertiary/aromatic N) is 1. The number of aliphatic carboxylic acids is 1. The van der Waals surface area contributed by atoms with Gasteiger partial charge in [0.15, 0.2) is 0 Å². The number of carbonyl (C=O) groups excluding carboxylic acids is 1. The minimum absolute atomic E-state index is 0.0229. The van der Waals surface area contributed by atoms with Gasteiger partial charge in [0.2, 0.25) is 0 Å². The summed E-state index contributed by atoms with van der Waals surface area (Å²) in [5.74, 6) is -0.0649. The van der Waals surface area contributed by atoms with E-state index in [0.29, 0.717) is 18.9 Å². The summed E-state index contributed by atoms with van der Waals surface area (Å²) in [7, 11) is 1.88. The van der Waals surface area contributed by atoms with Crippen LogP contribution in [0.25, 0.3) is 0 Å². The average molecular weight is 359 g/mol. The van der Waals surface area contributed by atoms with Crippen LogP contribution in [0.3, 0.4) is 0 Å². The van der Waals surface area contributed by atoms with Gasteiger partial charge in [-0.05, 0) is 62.2 Å². The monoisotopic (exact) mass is 359 g/mol. The minimum Gasteiger partial charge on any atom is -0.481 e. The molecule has 2 saturated heterocycles. The summed E-state index contributed by atoms with van der Waals surface area (Å²) in [6.07, 6.45) is 5.14. The van der Waals surface area contributed by atoms with Crippen LogP contribution in [0.4, 0.5) is 4.79 Å². The van der Waals surface area contributed by atoms with Gasteiger partial charge in [0.05, 0.1) is 5.54 Å². The van der Waals surface area contributed by atoms with Crippen molar-refractivity contribution in [3.63, 3.8) is 0 Å². The van der Waals surface area contributed by atoms with E-state index in [9.17, 15) is 9.59 Å². The highest BCUT2D eigenvalue weighted by molar-refractivity contribution is 5.78. The Bertz CT molecular complexity index is 640. The number of benzene rings is 1. The number of amides is 2. The van der Waals surface area contributed by atoms with Crippen molar-refractivity contribution >= 4 is 12.0 Å². The average Bonchev–Trinajstić information content (AvgIpc) is 2.95. The number of likely N-dealkylation sites (N-methyl/N-ethyl adjacent to an activating group) is 1. The number of hydrogen-bond acceptors (Lipinski definition) is 3. The highest BCUT2D eigenvalue weighted by Crippen LogP contribution is 2.37. The van der Waals surface area contributed by atoms with Crippen molar-refractivity contribution in [2.75, 3.05) is 26.7 Å². The maximum absolute atomic E-state index is 12.2. The number of nitrogens with one attached hydrogen (secondary N) is 2. The fraction of sp³-hybridized carbons (Fsp3) is 0.600. The fourth-order valence-electron chi connectivity index (χ4n) is 4.20. The molecule has 1 aromatic rings. The molecule has 0 radical (unpaired) electrons. The molecule has 0 spiro atoms. The van der Waals surface area contributed by atoms with Crippen LogP contribution in [0.2, 0.25) is 0 Å². The molecule has 0 aliphatic carbocycles. The predicted molar refractivity (Wildman–Crippen MR) is 100 cm³/mol. The molecule has 3 rings (SSSR count). The van der Waals surface area contributed by atoms with E-state index in [2.05, 4.69) is 22.8 Å². The van der Waals surface area contributed by atoms with E-state index in [0.717, 1.165) is 37.1 Å². The normalized spacial score (nSPS) is 23.9. The van der Waals surface area contributed by atoms with Gasteiger partial charge in [0.1, 0.15) is 0 Å². The predicted octanol–water partition coefficient (Wildman–Crippen LogP) is 2.33. The van der Waals surface area contributed by atoms with Crippen molar-refractivity contribution in [2.45, 2.75) is 44.1 Å². The van der Waals surface area contributed by atoms with Gasteiger partial charge in [0.25, 0.3) is 0 Å². The summed E-state index contributed by atoms with van der Waals surface area (Å²) in [5.41, 5.74) is 1.84. The largest absolute Gasteiger partial charge is 0.481 e. The highest BCUT2D eigenvalue weighted by atomic mass is 16.4. The number of carboxylic acid groups (broad SMARTS) is 1. The Labute approximate surface area is 155 Å². The van der Waals surface area contributed by atoms with Crippen molar-refractivity contribution in [2.24, 2.45) is 5.92 Å². The molecule has 0 saturated carbocycles. The number of hydrogen-bond donors (Lipinski definition) is 3. The molecule has 2 heterocycles. The van der Waals surface area contributed by atoms with Gasteiger partial charge in [0, 0.05) is 20.0 Å². The highest BCUT2D eigenvalue weighted by Gasteiger charge is 2.44. The Morgan fingerprint density at radius 1 is 1.27 bits per heavy atom. The van der Waals surface area contributed by atoms with Crippen LogP contribution in [0.1, 0.15) is 43.2 Å². The molecule has 26 heavy (non-hydrogen) atoms. The number of aryl methyl sites for hydroxylation is 1. The van der Waals surface area contributed by atoms with Gasteiger partial charge in [-0.3, -0.25) is 4.79 Å². The van der Waals surface area contributed by atoms with Gasteiger partial charge in [-0.2, -0.15) is 0 Å². The molecule has 3 N–H and O–H groups in total. The van der Waals surface area contributed by atoms with Crippen LogP contribution in [0.15, 0.2) is 24.3 Å². The second-order valence-electron chi connectivity index (χ2n) is 7.57. The Hall–Kier alpha value is -2.08. The van der Waals surface area contributed by atoms with Crippen molar-refractivity contribution in [3.05, 3.63) is 35.4 Å². The first-order valence-corrected chi connectivity index (χ1v) is 9.55. The molecule has 1 unspecified atom stereocenters. The molecule has 0 bridgehead atoms.